The van der Waals surface area contributed by atoms with E-state index >= 15 is 0 Å². The first-order valence-corrected chi connectivity index (χ1v) is 9.20. The molecule has 1 aliphatic heterocycles. The van der Waals surface area contributed by atoms with E-state index in [0.29, 0.717) is 36.4 Å². The summed E-state index contributed by atoms with van der Waals surface area (Å²) in [4.78, 5) is 25.6. The standard InChI is InChI=1S/C16H27NO3.C3H8O2/c1-11-8-13(18)9-14(11)12-6-5-7-17(10-12)15(19)20-16(2,3)4;1-3(2,4)5/h11-12,14H,5-10H2,1-4H3;4-5H,1-2H3. The molecule has 0 aromatic carbocycles. The zero-order chi connectivity index (χ0) is 19.4. The van der Waals surface area contributed by atoms with Crippen LogP contribution < -0.4 is 0 Å². The number of amides is 1. The van der Waals surface area contributed by atoms with Crippen molar-refractivity contribution in [3.05, 3.63) is 0 Å². The average Bonchev–Trinajstić information content (AvgIpc) is 2.74. The Hall–Kier alpha value is -1.14. The van der Waals surface area contributed by atoms with Gasteiger partial charge in [0.25, 0.3) is 0 Å². The second-order valence-electron chi connectivity index (χ2n) is 8.91. The fraction of sp³-hybridized carbons (Fsp3) is 0.895. The number of Topliss-reactive ketones (excluding diaryl/α,β-unsaturated/α-hetero) is 1. The monoisotopic (exact) mass is 357 g/mol. The molecule has 0 radical (unpaired) electrons. The zero-order valence-electron chi connectivity index (χ0n) is 16.5. The number of rotatable bonds is 1. The summed E-state index contributed by atoms with van der Waals surface area (Å²) in [5.41, 5.74) is -0.444. The third-order valence-corrected chi connectivity index (χ3v) is 4.46. The molecule has 0 aromatic rings. The number of aliphatic hydroxyl groups is 2. The molecule has 1 aliphatic carbocycles. The van der Waals surface area contributed by atoms with Crippen LogP contribution in [-0.2, 0) is 9.53 Å². The van der Waals surface area contributed by atoms with E-state index in [1.54, 1.807) is 0 Å². The van der Waals surface area contributed by atoms with Crippen molar-refractivity contribution in [3.8, 4) is 0 Å². The van der Waals surface area contributed by atoms with E-state index in [9.17, 15) is 9.59 Å². The molecule has 0 aromatic heterocycles. The maximum Gasteiger partial charge on any atom is 0.410 e. The number of hydrogen-bond acceptors (Lipinski definition) is 5. The van der Waals surface area contributed by atoms with Gasteiger partial charge in [-0.3, -0.25) is 4.79 Å². The van der Waals surface area contributed by atoms with Crippen LogP contribution in [0.3, 0.4) is 0 Å². The number of ether oxygens (including phenoxy) is 1. The van der Waals surface area contributed by atoms with Crippen molar-refractivity contribution in [2.45, 2.75) is 78.6 Å². The van der Waals surface area contributed by atoms with Crippen LogP contribution >= 0.6 is 0 Å². The molecule has 2 N–H and O–H groups in total. The van der Waals surface area contributed by atoms with Crippen LogP contribution in [0, 0.1) is 17.8 Å². The Labute approximate surface area is 151 Å². The summed E-state index contributed by atoms with van der Waals surface area (Å²) < 4.78 is 5.46. The fourth-order valence-electron chi connectivity index (χ4n) is 3.54. The van der Waals surface area contributed by atoms with E-state index in [0.717, 1.165) is 25.9 Å². The lowest BCUT2D eigenvalue weighted by atomic mass is 9.80. The van der Waals surface area contributed by atoms with Crippen molar-refractivity contribution >= 4 is 11.9 Å². The molecular weight excluding hydrogens is 322 g/mol. The van der Waals surface area contributed by atoms with Crippen LogP contribution in [0.15, 0.2) is 0 Å². The minimum absolute atomic E-state index is 0.209. The summed E-state index contributed by atoms with van der Waals surface area (Å²) in [6, 6.07) is 0. The summed E-state index contributed by atoms with van der Waals surface area (Å²) >= 11 is 0. The Morgan fingerprint density at radius 1 is 1.16 bits per heavy atom. The van der Waals surface area contributed by atoms with Gasteiger partial charge in [0.2, 0.25) is 0 Å². The van der Waals surface area contributed by atoms with E-state index in [2.05, 4.69) is 6.92 Å². The predicted octanol–water partition coefficient (Wildman–Crippen LogP) is 2.96. The molecule has 1 amide bonds. The van der Waals surface area contributed by atoms with Gasteiger partial charge in [-0.05, 0) is 65.2 Å². The van der Waals surface area contributed by atoms with Gasteiger partial charge in [0.15, 0.2) is 5.79 Å². The summed E-state index contributed by atoms with van der Waals surface area (Å²) in [7, 11) is 0. The van der Waals surface area contributed by atoms with E-state index in [1.165, 1.54) is 13.8 Å². The Kier molecular flexibility index (Phi) is 7.44. The normalized spacial score (nSPS) is 27.6. The van der Waals surface area contributed by atoms with Gasteiger partial charge in [0.1, 0.15) is 11.4 Å². The van der Waals surface area contributed by atoms with E-state index in [4.69, 9.17) is 14.9 Å². The highest BCUT2D eigenvalue weighted by Crippen LogP contribution is 2.38. The maximum absolute atomic E-state index is 12.2. The van der Waals surface area contributed by atoms with Gasteiger partial charge in [0, 0.05) is 25.9 Å². The summed E-state index contributed by atoms with van der Waals surface area (Å²) in [6.45, 7) is 12.0. The van der Waals surface area contributed by atoms with Crippen molar-refractivity contribution in [1.82, 2.24) is 4.90 Å². The van der Waals surface area contributed by atoms with Crippen molar-refractivity contribution in [2.75, 3.05) is 13.1 Å². The number of piperidine rings is 1. The molecule has 6 nitrogen and oxygen atoms in total. The molecular formula is C19H35NO5. The smallest absolute Gasteiger partial charge is 0.410 e. The van der Waals surface area contributed by atoms with Gasteiger partial charge in [-0.25, -0.2) is 4.79 Å². The number of hydrogen-bond donors (Lipinski definition) is 2. The van der Waals surface area contributed by atoms with Gasteiger partial charge in [-0.15, -0.1) is 0 Å². The second-order valence-corrected chi connectivity index (χ2v) is 8.91. The quantitative estimate of drug-likeness (QED) is 0.705. The molecule has 3 unspecified atom stereocenters. The van der Waals surface area contributed by atoms with Crippen molar-refractivity contribution in [3.63, 3.8) is 0 Å². The van der Waals surface area contributed by atoms with Crippen LogP contribution in [0.25, 0.3) is 0 Å². The predicted molar refractivity (Wildman–Crippen MR) is 95.9 cm³/mol. The van der Waals surface area contributed by atoms with Gasteiger partial charge >= 0.3 is 6.09 Å². The maximum atomic E-state index is 12.2. The third-order valence-electron chi connectivity index (χ3n) is 4.46. The van der Waals surface area contributed by atoms with Crippen LogP contribution in [0.5, 0.6) is 0 Å². The van der Waals surface area contributed by atoms with Gasteiger partial charge in [-0.1, -0.05) is 6.92 Å². The number of ketones is 1. The average molecular weight is 357 g/mol. The number of nitrogens with zero attached hydrogens (tertiary/aromatic N) is 1. The lowest BCUT2D eigenvalue weighted by Gasteiger charge is -2.37. The molecule has 0 bridgehead atoms. The number of carbonyl (C=O) groups is 2. The molecule has 1 heterocycles. The molecule has 3 atom stereocenters. The first-order chi connectivity index (χ1) is 11.3. The Balaban J connectivity index is 0.000000550. The molecule has 2 aliphatic rings. The molecule has 2 fully saturated rings. The summed E-state index contributed by atoms with van der Waals surface area (Å²) in [5, 5.41) is 16.2. The summed E-state index contributed by atoms with van der Waals surface area (Å²) in [6.07, 6.45) is 3.35. The fourth-order valence-corrected chi connectivity index (χ4v) is 3.54. The van der Waals surface area contributed by atoms with Crippen LogP contribution in [-0.4, -0.2) is 51.5 Å². The van der Waals surface area contributed by atoms with E-state index in [1.807, 2.05) is 25.7 Å². The zero-order valence-corrected chi connectivity index (χ0v) is 16.5. The lowest BCUT2D eigenvalue weighted by Crippen LogP contribution is -2.44. The molecule has 6 heteroatoms. The minimum Gasteiger partial charge on any atom is -0.444 e. The van der Waals surface area contributed by atoms with Crippen LogP contribution in [0.2, 0.25) is 0 Å². The SMILES string of the molecule is CC(C)(O)O.CC1CC(=O)CC1C1CCCN(C(=O)OC(C)(C)C)C1. The lowest BCUT2D eigenvalue weighted by molar-refractivity contribution is -0.127. The second kappa shape index (κ2) is 8.49. The molecule has 0 spiro atoms. The Morgan fingerprint density at radius 3 is 2.16 bits per heavy atom. The Bertz CT molecular complexity index is 457. The third kappa shape index (κ3) is 8.68. The van der Waals surface area contributed by atoms with Crippen molar-refractivity contribution in [2.24, 2.45) is 17.8 Å². The highest BCUT2D eigenvalue weighted by molar-refractivity contribution is 5.81. The van der Waals surface area contributed by atoms with E-state index in [-0.39, 0.29) is 6.09 Å². The topological polar surface area (TPSA) is 87.1 Å². The molecule has 1 saturated heterocycles. The highest BCUT2D eigenvalue weighted by atomic mass is 16.6. The van der Waals surface area contributed by atoms with Crippen molar-refractivity contribution in [1.29, 1.82) is 0 Å². The van der Waals surface area contributed by atoms with Gasteiger partial charge < -0.3 is 19.8 Å². The molecule has 1 saturated carbocycles. The highest BCUT2D eigenvalue weighted by Gasteiger charge is 2.38. The van der Waals surface area contributed by atoms with Gasteiger partial charge in [-0.2, -0.15) is 0 Å². The largest absolute Gasteiger partial charge is 0.444 e. The Morgan fingerprint density at radius 2 is 1.72 bits per heavy atom. The molecule has 146 valence electrons. The number of likely N-dealkylation sites (tertiary alicyclic amines) is 1. The van der Waals surface area contributed by atoms with Crippen LogP contribution in [0.1, 0.15) is 67.2 Å². The molecule has 2 rings (SSSR count). The minimum atomic E-state index is -1.50. The van der Waals surface area contributed by atoms with Crippen LogP contribution in [0.4, 0.5) is 4.79 Å². The first kappa shape index (κ1) is 21.9. The van der Waals surface area contributed by atoms with E-state index < -0.39 is 11.4 Å². The summed E-state index contributed by atoms with van der Waals surface area (Å²) in [5.74, 6) is 0.258. The number of carbonyl (C=O) groups excluding carboxylic acids is 2. The van der Waals surface area contributed by atoms with Crippen molar-refractivity contribution < 1.29 is 24.5 Å². The first-order valence-electron chi connectivity index (χ1n) is 9.20. The molecule has 25 heavy (non-hydrogen) atoms. The van der Waals surface area contributed by atoms with Gasteiger partial charge in [0.05, 0.1) is 0 Å².